The van der Waals surface area contributed by atoms with Crippen LogP contribution in [0.25, 0.3) is 0 Å². The number of ketones is 2. The van der Waals surface area contributed by atoms with Crippen molar-refractivity contribution >= 4 is 46.1 Å². The lowest BCUT2D eigenvalue weighted by Crippen LogP contribution is -2.17. The molecule has 0 aliphatic heterocycles. The molecule has 1 aliphatic carbocycles. The van der Waals surface area contributed by atoms with Gasteiger partial charge >= 0.3 is 0 Å². The van der Waals surface area contributed by atoms with E-state index >= 15 is 0 Å². The average Bonchev–Trinajstić information content (AvgIpc) is 2.74. The van der Waals surface area contributed by atoms with E-state index in [1.165, 1.54) is 11.1 Å². The van der Waals surface area contributed by atoms with E-state index in [2.05, 4.69) is 0 Å². The molecule has 0 aromatic heterocycles. The molecule has 0 amide bonds. The molecular formula is C23H18Cl2N2O2. The van der Waals surface area contributed by atoms with Crippen LogP contribution in [0.3, 0.4) is 0 Å². The van der Waals surface area contributed by atoms with Gasteiger partial charge in [-0.3, -0.25) is 9.59 Å². The van der Waals surface area contributed by atoms with Crippen molar-refractivity contribution in [1.82, 2.24) is 0 Å². The van der Waals surface area contributed by atoms with Crippen LogP contribution >= 0.6 is 23.2 Å². The number of carbonyl (C=O) groups is 2. The van der Waals surface area contributed by atoms with Crippen molar-refractivity contribution in [2.75, 3.05) is 11.5 Å². The summed E-state index contributed by atoms with van der Waals surface area (Å²) in [6.07, 6.45) is 0.917. The van der Waals surface area contributed by atoms with Crippen LogP contribution in [-0.2, 0) is 6.42 Å². The van der Waals surface area contributed by atoms with Gasteiger partial charge in [0.1, 0.15) is 10.1 Å². The molecule has 0 bridgehead atoms. The van der Waals surface area contributed by atoms with Crippen LogP contribution in [0.2, 0.25) is 0 Å². The van der Waals surface area contributed by atoms with Crippen molar-refractivity contribution in [3.8, 4) is 0 Å². The summed E-state index contributed by atoms with van der Waals surface area (Å²) < 4.78 is 0. The predicted octanol–water partition coefficient (Wildman–Crippen LogP) is 5.20. The van der Waals surface area contributed by atoms with Crippen molar-refractivity contribution in [2.24, 2.45) is 0 Å². The molecule has 0 saturated heterocycles. The van der Waals surface area contributed by atoms with E-state index in [1.54, 1.807) is 24.3 Å². The quantitative estimate of drug-likeness (QED) is 0.553. The summed E-state index contributed by atoms with van der Waals surface area (Å²) in [5, 5.41) is -0.397. The lowest BCUT2D eigenvalue weighted by Gasteiger charge is -2.12. The van der Waals surface area contributed by atoms with Crippen molar-refractivity contribution in [3.63, 3.8) is 0 Å². The molecule has 0 radical (unpaired) electrons. The largest absolute Gasteiger partial charge is 0.399 e. The number of halogens is 2. The van der Waals surface area contributed by atoms with Crippen molar-refractivity contribution < 1.29 is 9.59 Å². The molecular weight excluding hydrogens is 407 g/mol. The second-order valence-corrected chi connectivity index (χ2v) is 7.25. The average molecular weight is 425 g/mol. The van der Waals surface area contributed by atoms with Gasteiger partial charge in [-0.25, -0.2) is 0 Å². The van der Waals surface area contributed by atoms with Gasteiger partial charge in [-0.1, -0.05) is 71.7 Å². The first-order chi connectivity index (χ1) is 13.9. The van der Waals surface area contributed by atoms with Crippen LogP contribution in [0.1, 0.15) is 31.8 Å². The van der Waals surface area contributed by atoms with Gasteiger partial charge in [0.15, 0.2) is 0 Å². The molecule has 0 saturated carbocycles. The van der Waals surface area contributed by atoms with Gasteiger partial charge in [-0.15, -0.1) is 0 Å². The second-order valence-electron chi connectivity index (χ2n) is 6.49. The Kier molecular flexibility index (Phi) is 6.37. The third-order valence-electron chi connectivity index (χ3n) is 4.38. The fourth-order valence-electron chi connectivity index (χ4n) is 2.82. The second kappa shape index (κ2) is 8.95. The van der Waals surface area contributed by atoms with E-state index in [4.69, 9.17) is 34.7 Å². The van der Waals surface area contributed by atoms with Gasteiger partial charge in [0.25, 0.3) is 0 Å². The summed E-state index contributed by atoms with van der Waals surface area (Å²) in [5.41, 5.74) is 16.0. The van der Waals surface area contributed by atoms with E-state index in [9.17, 15) is 9.59 Å². The van der Waals surface area contributed by atoms with Crippen LogP contribution in [-0.4, -0.2) is 11.6 Å². The monoisotopic (exact) mass is 424 g/mol. The number of rotatable bonds is 2. The molecule has 0 unspecified atom stereocenters. The van der Waals surface area contributed by atoms with E-state index in [0.717, 1.165) is 17.8 Å². The number of nitrogen functional groups attached to an aromatic ring is 2. The summed E-state index contributed by atoms with van der Waals surface area (Å²) in [6.45, 7) is 0. The van der Waals surface area contributed by atoms with Crippen molar-refractivity contribution in [3.05, 3.63) is 105 Å². The fourth-order valence-corrected chi connectivity index (χ4v) is 3.20. The van der Waals surface area contributed by atoms with Crippen LogP contribution in [0.5, 0.6) is 0 Å². The first kappa shape index (κ1) is 20.6. The fraction of sp³-hybridized carbons (Fsp3) is 0.0435. The number of allylic oxidation sites excluding steroid dienone is 2. The molecule has 1 aliphatic rings. The van der Waals surface area contributed by atoms with Crippen LogP contribution < -0.4 is 11.5 Å². The molecule has 0 spiro atoms. The van der Waals surface area contributed by atoms with E-state index in [-0.39, 0.29) is 10.1 Å². The highest BCUT2D eigenvalue weighted by Gasteiger charge is 2.29. The van der Waals surface area contributed by atoms with Crippen LogP contribution in [0.15, 0.2) is 82.9 Å². The Bertz CT molecular complexity index is 1000. The normalized spacial score (nSPS) is 12.9. The number of anilines is 2. The van der Waals surface area contributed by atoms with Gasteiger partial charge in [0, 0.05) is 22.5 Å². The Morgan fingerprint density at radius 3 is 1.28 bits per heavy atom. The van der Waals surface area contributed by atoms with Crippen molar-refractivity contribution in [2.45, 2.75) is 6.42 Å². The Morgan fingerprint density at radius 1 is 0.586 bits per heavy atom. The smallest absolute Gasteiger partial charge is 0.206 e. The Labute approximate surface area is 178 Å². The minimum atomic E-state index is -0.396. The van der Waals surface area contributed by atoms with Gasteiger partial charge < -0.3 is 11.5 Å². The maximum Gasteiger partial charge on any atom is 0.206 e. The van der Waals surface area contributed by atoms with Crippen LogP contribution in [0, 0.1) is 0 Å². The molecule has 4 nitrogen and oxygen atoms in total. The molecule has 0 fully saturated rings. The van der Waals surface area contributed by atoms with E-state index in [1.807, 2.05) is 48.5 Å². The van der Waals surface area contributed by atoms with Crippen molar-refractivity contribution in [1.29, 1.82) is 0 Å². The maximum atomic E-state index is 11.5. The maximum absolute atomic E-state index is 11.5. The molecule has 0 atom stereocenters. The number of hydrogen-bond acceptors (Lipinski definition) is 4. The zero-order valence-electron chi connectivity index (χ0n) is 15.4. The van der Waals surface area contributed by atoms with Crippen LogP contribution in [0.4, 0.5) is 11.4 Å². The zero-order chi connectivity index (χ0) is 21.0. The van der Waals surface area contributed by atoms with Gasteiger partial charge in [0.2, 0.25) is 11.6 Å². The third kappa shape index (κ3) is 4.86. The first-order valence-corrected chi connectivity index (χ1v) is 9.55. The Balaban J connectivity index is 0.000000166. The topological polar surface area (TPSA) is 86.2 Å². The summed E-state index contributed by atoms with van der Waals surface area (Å²) in [7, 11) is 0. The van der Waals surface area contributed by atoms with E-state index < -0.39 is 11.6 Å². The minimum Gasteiger partial charge on any atom is -0.399 e. The standard InChI is InChI=1S/C13H14N2.C10H4Cl2O2/c14-12-5-1-10(2-6-12)9-11-3-7-13(15)8-4-11;11-7-8(12)10(14)6-4-2-1-3-5(6)9(7)13/h1-8H,9,14-15H2;1-4H. The highest BCUT2D eigenvalue weighted by molar-refractivity contribution is 6.59. The number of hydrogen-bond donors (Lipinski definition) is 2. The van der Waals surface area contributed by atoms with Gasteiger partial charge in [-0.2, -0.15) is 0 Å². The molecule has 146 valence electrons. The number of carbonyl (C=O) groups excluding carboxylic acids is 2. The molecule has 6 heteroatoms. The number of benzene rings is 3. The Morgan fingerprint density at radius 2 is 0.931 bits per heavy atom. The summed E-state index contributed by atoms with van der Waals surface area (Å²) >= 11 is 11.2. The first-order valence-electron chi connectivity index (χ1n) is 8.79. The third-order valence-corrected chi connectivity index (χ3v) is 5.19. The zero-order valence-corrected chi connectivity index (χ0v) is 16.9. The molecule has 4 N–H and O–H groups in total. The highest BCUT2D eigenvalue weighted by Crippen LogP contribution is 2.30. The molecule has 3 aromatic rings. The molecule has 29 heavy (non-hydrogen) atoms. The number of fused-ring (bicyclic) bond motifs is 1. The lowest BCUT2D eigenvalue weighted by atomic mass is 9.95. The lowest BCUT2D eigenvalue weighted by molar-refractivity contribution is 0.0987. The minimum absolute atomic E-state index is 0.199. The molecule has 3 aromatic carbocycles. The number of nitrogens with two attached hydrogens (primary N) is 2. The number of Topliss-reactive ketones (excluding diaryl/α,β-unsaturated/α-hetero) is 2. The molecule has 0 heterocycles. The molecule has 4 rings (SSSR count). The Hall–Kier alpha value is -3.08. The highest BCUT2D eigenvalue weighted by atomic mass is 35.5. The predicted molar refractivity (Wildman–Crippen MR) is 118 cm³/mol. The van der Waals surface area contributed by atoms with Gasteiger partial charge in [0.05, 0.1) is 0 Å². The summed E-state index contributed by atoms with van der Waals surface area (Å²) in [5.74, 6) is -0.793. The summed E-state index contributed by atoms with van der Waals surface area (Å²) in [4.78, 5) is 23.1. The SMILES string of the molecule is Nc1ccc(Cc2ccc(N)cc2)cc1.O=C1C(Cl)=C(Cl)C(=O)c2ccccc21. The van der Waals surface area contributed by atoms with Gasteiger partial charge in [-0.05, 0) is 41.8 Å². The summed E-state index contributed by atoms with van der Waals surface area (Å²) in [6, 6.07) is 22.3. The van der Waals surface area contributed by atoms with E-state index in [0.29, 0.717) is 11.1 Å².